The van der Waals surface area contributed by atoms with Gasteiger partial charge in [0.25, 0.3) is 0 Å². The van der Waals surface area contributed by atoms with Gasteiger partial charge in [-0.3, -0.25) is 0 Å². The molecule has 8 heteroatoms. The third-order valence-corrected chi connectivity index (χ3v) is 3.15. The quantitative estimate of drug-likeness (QED) is 0.742. The van der Waals surface area contributed by atoms with Crippen LogP contribution in [0.15, 0.2) is 30.5 Å². The number of alkyl halides is 3. The van der Waals surface area contributed by atoms with E-state index < -0.39 is 17.6 Å². The second-order valence-electron chi connectivity index (χ2n) is 4.74. The van der Waals surface area contributed by atoms with Gasteiger partial charge in [0.15, 0.2) is 0 Å². The van der Waals surface area contributed by atoms with Crippen LogP contribution in [0.4, 0.5) is 24.8 Å². The maximum absolute atomic E-state index is 13.0. The molecule has 0 saturated carbocycles. The van der Waals surface area contributed by atoms with Gasteiger partial charge < -0.3 is 10.1 Å². The summed E-state index contributed by atoms with van der Waals surface area (Å²) in [5, 5.41) is 3.36. The number of benzene rings is 1. The molecule has 23 heavy (non-hydrogen) atoms. The average molecular weight is 346 g/mol. The SMILES string of the molecule is CCCCOc1nc(Nc2ccc(Cl)cc2)ncc1C(F)(F)F. The van der Waals surface area contributed by atoms with Crippen LogP contribution in [0.2, 0.25) is 5.02 Å². The monoisotopic (exact) mass is 345 g/mol. The van der Waals surface area contributed by atoms with Crippen molar-refractivity contribution in [2.75, 3.05) is 11.9 Å². The lowest BCUT2D eigenvalue weighted by molar-refractivity contribution is -0.139. The van der Waals surface area contributed by atoms with Gasteiger partial charge in [-0.05, 0) is 30.7 Å². The molecule has 0 spiro atoms. The molecule has 0 aliphatic heterocycles. The predicted octanol–water partition coefficient (Wildman–Crippen LogP) is 5.07. The van der Waals surface area contributed by atoms with Gasteiger partial charge in [-0.1, -0.05) is 24.9 Å². The van der Waals surface area contributed by atoms with Crippen molar-refractivity contribution >= 4 is 23.2 Å². The van der Waals surface area contributed by atoms with Crippen molar-refractivity contribution in [3.05, 3.63) is 41.0 Å². The Morgan fingerprint density at radius 1 is 1.22 bits per heavy atom. The first-order valence-corrected chi connectivity index (χ1v) is 7.37. The van der Waals surface area contributed by atoms with Gasteiger partial charge in [0.1, 0.15) is 5.56 Å². The van der Waals surface area contributed by atoms with E-state index in [0.29, 0.717) is 23.3 Å². The lowest BCUT2D eigenvalue weighted by Gasteiger charge is -2.14. The van der Waals surface area contributed by atoms with Gasteiger partial charge in [0, 0.05) is 16.9 Å². The highest BCUT2D eigenvalue weighted by molar-refractivity contribution is 6.30. The summed E-state index contributed by atoms with van der Waals surface area (Å²) in [6.07, 6.45) is -2.41. The van der Waals surface area contributed by atoms with Gasteiger partial charge in [0.05, 0.1) is 6.61 Å². The van der Waals surface area contributed by atoms with Gasteiger partial charge in [-0.15, -0.1) is 0 Å². The number of nitrogens with one attached hydrogen (secondary N) is 1. The van der Waals surface area contributed by atoms with Gasteiger partial charge in [-0.25, -0.2) is 4.98 Å². The van der Waals surface area contributed by atoms with E-state index in [1.165, 1.54) is 0 Å². The van der Waals surface area contributed by atoms with Crippen molar-refractivity contribution in [3.8, 4) is 5.88 Å². The van der Waals surface area contributed by atoms with Crippen molar-refractivity contribution in [1.82, 2.24) is 9.97 Å². The number of hydrogen-bond acceptors (Lipinski definition) is 4. The molecule has 0 bridgehead atoms. The molecule has 1 aromatic heterocycles. The number of rotatable bonds is 6. The minimum Gasteiger partial charge on any atom is -0.477 e. The van der Waals surface area contributed by atoms with Gasteiger partial charge in [-0.2, -0.15) is 18.2 Å². The Bertz CT molecular complexity index is 647. The molecular weight excluding hydrogens is 331 g/mol. The van der Waals surface area contributed by atoms with E-state index in [-0.39, 0.29) is 12.6 Å². The fourth-order valence-corrected chi connectivity index (χ4v) is 1.83. The van der Waals surface area contributed by atoms with Crippen molar-refractivity contribution in [2.45, 2.75) is 25.9 Å². The second-order valence-corrected chi connectivity index (χ2v) is 5.18. The number of halogens is 4. The topological polar surface area (TPSA) is 47.0 Å². The molecule has 1 N–H and O–H groups in total. The molecule has 0 fully saturated rings. The zero-order valence-electron chi connectivity index (χ0n) is 12.3. The summed E-state index contributed by atoms with van der Waals surface area (Å²) in [6, 6.07) is 6.63. The zero-order valence-corrected chi connectivity index (χ0v) is 13.1. The first-order valence-electron chi connectivity index (χ1n) is 6.99. The first-order chi connectivity index (χ1) is 10.9. The van der Waals surface area contributed by atoms with E-state index in [1.807, 2.05) is 6.92 Å². The smallest absolute Gasteiger partial charge is 0.423 e. The third-order valence-electron chi connectivity index (χ3n) is 2.90. The summed E-state index contributed by atoms with van der Waals surface area (Å²) >= 11 is 5.78. The van der Waals surface area contributed by atoms with E-state index in [4.69, 9.17) is 16.3 Å². The van der Waals surface area contributed by atoms with Crippen LogP contribution < -0.4 is 10.1 Å². The lowest BCUT2D eigenvalue weighted by atomic mass is 10.3. The Hall–Kier alpha value is -2.02. The number of aromatic nitrogens is 2. The Morgan fingerprint density at radius 3 is 2.52 bits per heavy atom. The van der Waals surface area contributed by atoms with Crippen molar-refractivity contribution in [3.63, 3.8) is 0 Å². The standard InChI is InChI=1S/C15H15ClF3N3O/c1-2-3-8-23-13-12(15(17,18)19)9-20-14(22-13)21-11-6-4-10(16)5-7-11/h4-7,9H,2-3,8H2,1H3,(H,20,21,22). The Labute approximate surface area is 136 Å². The summed E-state index contributed by atoms with van der Waals surface area (Å²) in [4.78, 5) is 7.53. The summed E-state index contributed by atoms with van der Waals surface area (Å²) in [7, 11) is 0. The maximum atomic E-state index is 13.0. The van der Waals surface area contributed by atoms with Crippen molar-refractivity contribution in [2.24, 2.45) is 0 Å². The van der Waals surface area contributed by atoms with Crippen LogP contribution in [0, 0.1) is 0 Å². The van der Waals surface area contributed by atoms with Crippen LogP contribution in [0.5, 0.6) is 5.88 Å². The van der Waals surface area contributed by atoms with E-state index >= 15 is 0 Å². The molecule has 1 heterocycles. The molecule has 1 aromatic carbocycles. The summed E-state index contributed by atoms with van der Waals surface area (Å²) in [6.45, 7) is 2.08. The number of unbranched alkanes of at least 4 members (excludes halogenated alkanes) is 1. The molecule has 0 aliphatic carbocycles. The number of hydrogen-bond donors (Lipinski definition) is 1. The van der Waals surface area contributed by atoms with E-state index in [9.17, 15) is 13.2 Å². The molecule has 0 radical (unpaired) electrons. The van der Waals surface area contributed by atoms with Crippen LogP contribution in [-0.2, 0) is 6.18 Å². The molecule has 0 saturated heterocycles. The highest BCUT2D eigenvalue weighted by Crippen LogP contribution is 2.35. The van der Waals surface area contributed by atoms with Crippen LogP contribution in [0.25, 0.3) is 0 Å². The van der Waals surface area contributed by atoms with Crippen molar-refractivity contribution < 1.29 is 17.9 Å². The normalized spacial score (nSPS) is 11.3. The van der Waals surface area contributed by atoms with Crippen LogP contribution in [0.1, 0.15) is 25.3 Å². The van der Waals surface area contributed by atoms with Crippen LogP contribution >= 0.6 is 11.6 Å². The highest BCUT2D eigenvalue weighted by Gasteiger charge is 2.36. The fraction of sp³-hybridized carbons (Fsp3) is 0.333. The number of anilines is 2. The molecule has 0 amide bonds. The Balaban J connectivity index is 2.23. The maximum Gasteiger partial charge on any atom is 0.423 e. The second kappa shape index (κ2) is 7.50. The summed E-state index contributed by atoms with van der Waals surface area (Å²) < 4.78 is 44.1. The van der Waals surface area contributed by atoms with Crippen molar-refractivity contribution in [1.29, 1.82) is 0 Å². The van der Waals surface area contributed by atoms with E-state index in [1.54, 1.807) is 24.3 Å². The van der Waals surface area contributed by atoms with Crippen LogP contribution in [0.3, 0.4) is 0 Å². The molecule has 2 rings (SSSR count). The minimum absolute atomic E-state index is 0.0202. The third kappa shape index (κ3) is 4.99. The molecule has 0 unspecified atom stereocenters. The molecule has 124 valence electrons. The average Bonchev–Trinajstić information content (AvgIpc) is 2.49. The highest BCUT2D eigenvalue weighted by atomic mass is 35.5. The molecular formula is C15H15ClF3N3O. The predicted molar refractivity (Wildman–Crippen MR) is 82.2 cm³/mol. The molecule has 4 nitrogen and oxygen atoms in total. The molecule has 2 aromatic rings. The fourth-order valence-electron chi connectivity index (χ4n) is 1.71. The minimum atomic E-state index is -4.57. The van der Waals surface area contributed by atoms with E-state index in [0.717, 1.165) is 6.42 Å². The largest absolute Gasteiger partial charge is 0.477 e. The summed E-state index contributed by atoms with van der Waals surface area (Å²) in [5.74, 6) is -0.454. The van der Waals surface area contributed by atoms with Crippen LogP contribution in [-0.4, -0.2) is 16.6 Å². The van der Waals surface area contributed by atoms with Gasteiger partial charge >= 0.3 is 6.18 Å². The molecule has 0 atom stereocenters. The Morgan fingerprint density at radius 2 is 1.91 bits per heavy atom. The Kier molecular flexibility index (Phi) is 5.65. The zero-order chi connectivity index (χ0) is 16.9. The molecule has 0 aliphatic rings. The van der Waals surface area contributed by atoms with Gasteiger partial charge in [0.2, 0.25) is 11.8 Å². The first kappa shape index (κ1) is 17.3. The van der Waals surface area contributed by atoms with E-state index in [2.05, 4.69) is 15.3 Å². The number of nitrogens with zero attached hydrogens (tertiary/aromatic N) is 2. The number of ether oxygens (including phenoxy) is 1. The summed E-state index contributed by atoms with van der Waals surface area (Å²) in [5.41, 5.74) is -0.385. The lowest BCUT2D eigenvalue weighted by Crippen LogP contribution is -2.13.